The summed E-state index contributed by atoms with van der Waals surface area (Å²) < 4.78 is 21.4. The molecule has 2 aromatic rings. The molecule has 0 amide bonds. The van der Waals surface area contributed by atoms with Gasteiger partial charge in [-0.3, -0.25) is 0 Å². The number of carbonyl (C=O) groups is 1. The minimum Gasteiger partial charge on any atom is -0.504 e. The first-order valence-electron chi connectivity index (χ1n) is 11.7. The van der Waals surface area contributed by atoms with Crippen LogP contribution in [-0.4, -0.2) is 76.4 Å². The van der Waals surface area contributed by atoms with Crippen LogP contribution >= 0.6 is 0 Å². The van der Waals surface area contributed by atoms with Gasteiger partial charge in [0.05, 0.1) is 14.2 Å². The second kappa shape index (κ2) is 11.8. The average molecular weight is 507 g/mol. The molecule has 36 heavy (non-hydrogen) atoms. The fourth-order valence-corrected chi connectivity index (χ4v) is 4.21. The summed E-state index contributed by atoms with van der Waals surface area (Å²) in [6.45, 7) is 4.26. The van der Waals surface area contributed by atoms with Crippen LogP contribution < -0.4 is 14.2 Å². The van der Waals surface area contributed by atoms with E-state index in [0.717, 1.165) is 17.5 Å². The molecular weight excluding hydrogens is 472 g/mol. The lowest BCUT2D eigenvalue weighted by atomic mass is 9.85. The molecule has 0 bridgehead atoms. The second-order valence-corrected chi connectivity index (χ2v) is 9.21. The van der Waals surface area contributed by atoms with E-state index >= 15 is 0 Å². The lowest BCUT2D eigenvalue weighted by Crippen LogP contribution is -2.61. The van der Waals surface area contributed by atoms with Crippen molar-refractivity contribution in [1.82, 2.24) is 0 Å². The van der Waals surface area contributed by atoms with Crippen molar-refractivity contribution in [2.45, 2.75) is 57.4 Å². The molecule has 0 saturated carbocycles. The van der Waals surface area contributed by atoms with Crippen LogP contribution in [0.4, 0.5) is 0 Å². The van der Waals surface area contributed by atoms with E-state index < -0.39 is 36.7 Å². The summed E-state index contributed by atoms with van der Waals surface area (Å²) in [6.07, 6.45) is -7.29. The molecule has 7 atom stereocenters. The predicted molar refractivity (Wildman–Crippen MR) is 128 cm³/mol. The summed E-state index contributed by atoms with van der Waals surface area (Å²) in [7, 11) is 3.19. The zero-order valence-electron chi connectivity index (χ0n) is 20.7. The Morgan fingerprint density at radius 3 is 1.97 bits per heavy atom. The van der Waals surface area contributed by atoms with E-state index in [1.165, 1.54) is 6.07 Å². The number of carboxylic acid groups (broad SMARTS) is 1. The average Bonchev–Trinajstić information content (AvgIpc) is 2.85. The van der Waals surface area contributed by atoms with Gasteiger partial charge in [-0.1, -0.05) is 26.0 Å². The lowest BCUT2D eigenvalue weighted by molar-refractivity contribution is -0.271. The largest absolute Gasteiger partial charge is 0.504 e. The lowest BCUT2D eigenvalue weighted by Gasteiger charge is -2.38. The van der Waals surface area contributed by atoms with Crippen molar-refractivity contribution in [2.75, 3.05) is 14.2 Å². The van der Waals surface area contributed by atoms with Crippen molar-refractivity contribution >= 4 is 5.97 Å². The first kappa shape index (κ1) is 27.5. The van der Waals surface area contributed by atoms with E-state index in [0.29, 0.717) is 17.9 Å². The zero-order chi connectivity index (χ0) is 26.6. The fraction of sp³-hybridized carbons (Fsp3) is 0.500. The Morgan fingerprint density at radius 2 is 1.42 bits per heavy atom. The Bertz CT molecular complexity index is 1040. The molecule has 0 aliphatic carbocycles. The Labute approximate surface area is 209 Å². The van der Waals surface area contributed by atoms with Crippen molar-refractivity contribution in [3.63, 3.8) is 0 Å². The highest BCUT2D eigenvalue weighted by Gasteiger charge is 2.48. The van der Waals surface area contributed by atoms with Crippen molar-refractivity contribution in [1.29, 1.82) is 0 Å². The molecule has 1 aliphatic rings. The zero-order valence-corrected chi connectivity index (χ0v) is 20.7. The van der Waals surface area contributed by atoms with Gasteiger partial charge < -0.3 is 44.5 Å². The van der Waals surface area contributed by atoms with E-state index in [1.54, 1.807) is 26.4 Å². The minimum atomic E-state index is -1.83. The number of hydrogen-bond donors (Lipinski definition) is 5. The van der Waals surface area contributed by atoms with Crippen LogP contribution in [-0.2, 0) is 22.4 Å². The van der Waals surface area contributed by atoms with E-state index in [9.17, 15) is 30.3 Å². The number of carboxylic acids is 1. The molecule has 0 aromatic heterocycles. The minimum absolute atomic E-state index is 0.0379. The second-order valence-electron chi connectivity index (χ2n) is 9.21. The predicted octanol–water partition coefficient (Wildman–Crippen LogP) is 1.74. The van der Waals surface area contributed by atoms with Crippen molar-refractivity contribution in [2.24, 2.45) is 11.8 Å². The summed E-state index contributed by atoms with van der Waals surface area (Å²) in [5.74, 6) is 0.0694. The van der Waals surface area contributed by atoms with Crippen LogP contribution in [0.2, 0.25) is 0 Å². The maximum absolute atomic E-state index is 11.3. The summed E-state index contributed by atoms with van der Waals surface area (Å²) in [5, 5.41) is 49.5. The van der Waals surface area contributed by atoms with Crippen LogP contribution in [0.5, 0.6) is 23.0 Å². The number of aliphatic hydroxyl groups is 3. The summed E-state index contributed by atoms with van der Waals surface area (Å²) in [4.78, 5) is 11.3. The van der Waals surface area contributed by atoms with E-state index in [1.807, 2.05) is 18.2 Å². The standard InChI is InChI=1S/C26H34O10/c1-13(14(2)10-16-6-8-18(33-3)20(12-16)34-4)9-15-5-7-17(27)19(11-15)35-26-23(30)21(28)22(29)24(36-26)25(31)32/h5-8,11-14,21-24,26-30H,9-10H2,1-4H3,(H,31,32). The maximum Gasteiger partial charge on any atom is 0.335 e. The number of aliphatic hydroxyl groups excluding tert-OH is 3. The van der Waals surface area contributed by atoms with Gasteiger partial charge in [0, 0.05) is 0 Å². The maximum atomic E-state index is 11.3. The molecule has 1 heterocycles. The molecule has 1 saturated heterocycles. The number of ether oxygens (including phenoxy) is 4. The van der Waals surface area contributed by atoms with Gasteiger partial charge >= 0.3 is 5.97 Å². The molecule has 10 nitrogen and oxygen atoms in total. The van der Waals surface area contributed by atoms with Gasteiger partial charge in [-0.2, -0.15) is 0 Å². The summed E-state index contributed by atoms with van der Waals surface area (Å²) >= 11 is 0. The van der Waals surface area contributed by atoms with Gasteiger partial charge in [0.2, 0.25) is 6.29 Å². The molecule has 7 unspecified atom stereocenters. The molecular formula is C26H34O10. The van der Waals surface area contributed by atoms with Crippen molar-refractivity contribution < 1.29 is 49.3 Å². The Kier molecular flexibility index (Phi) is 9.02. The van der Waals surface area contributed by atoms with Crippen LogP contribution in [0.25, 0.3) is 0 Å². The highest BCUT2D eigenvalue weighted by atomic mass is 16.7. The highest BCUT2D eigenvalue weighted by molar-refractivity contribution is 5.73. The third-order valence-corrected chi connectivity index (χ3v) is 6.62. The highest BCUT2D eigenvalue weighted by Crippen LogP contribution is 2.34. The first-order chi connectivity index (χ1) is 17.0. The molecule has 2 aromatic carbocycles. The molecule has 1 aliphatic heterocycles. The number of phenolic OH excluding ortho intramolecular Hbond substituents is 1. The summed E-state index contributed by atoms with van der Waals surface area (Å²) in [6, 6.07) is 10.6. The number of rotatable bonds is 10. The van der Waals surface area contributed by atoms with Gasteiger partial charge in [0.25, 0.3) is 0 Å². The number of phenols is 1. The normalized spacial score (nSPS) is 25.6. The van der Waals surface area contributed by atoms with Crippen molar-refractivity contribution in [3.8, 4) is 23.0 Å². The monoisotopic (exact) mass is 506 g/mol. The molecule has 198 valence electrons. The third kappa shape index (κ3) is 6.19. The Balaban J connectivity index is 1.69. The third-order valence-electron chi connectivity index (χ3n) is 6.62. The number of aliphatic carboxylic acids is 1. The molecule has 5 N–H and O–H groups in total. The van der Waals surface area contributed by atoms with Gasteiger partial charge in [-0.25, -0.2) is 4.79 Å². The van der Waals surface area contributed by atoms with Crippen LogP contribution in [0.1, 0.15) is 25.0 Å². The smallest absolute Gasteiger partial charge is 0.335 e. The number of methoxy groups -OCH3 is 2. The van der Waals surface area contributed by atoms with Gasteiger partial charge in [0.15, 0.2) is 29.1 Å². The molecule has 0 spiro atoms. The van der Waals surface area contributed by atoms with Gasteiger partial charge in [-0.15, -0.1) is 0 Å². The van der Waals surface area contributed by atoms with Crippen LogP contribution in [0, 0.1) is 11.8 Å². The van der Waals surface area contributed by atoms with Gasteiger partial charge in [0.1, 0.15) is 18.3 Å². The van der Waals surface area contributed by atoms with E-state index in [2.05, 4.69) is 13.8 Å². The number of hydrogen-bond acceptors (Lipinski definition) is 9. The molecule has 10 heteroatoms. The quantitative estimate of drug-likeness (QED) is 0.322. The molecule has 3 rings (SSSR count). The summed E-state index contributed by atoms with van der Waals surface area (Å²) in [5.41, 5.74) is 1.95. The number of aromatic hydroxyl groups is 1. The van der Waals surface area contributed by atoms with Gasteiger partial charge in [-0.05, 0) is 60.1 Å². The fourth-order valence-electron chi connectivity index (χ4n) is 4.21. The first-order valence-corrected chi connectivity index (χ1v) is 11.7. The van der Waals surface area contributed by atoms with Crippen LogP contribution in [0.15, 0.2) is 36.4 Å². The number of benzene rings is 2. The van der Waals surface area contributed by atoms with Crippen molar-refractivity contribution in [3.05, 3.63) is 47.5 Å². The Hall–Kier alpha value is -3.05. The molecule has 0 radical (unpaired) electrons. The van der Waals surface area contributed by atoms with E-state index in [-0.39, 0.29) is 23.3 Å². The topological polar surface area (TPSA) is 155 Å². The van der Waals surface area contributed by atoms with E-state index in [4.69, 9.17) is 18.9 Å². The Morgan fingerprint density at radius 1 is 0.861 bits per heavy atom. The SMILES string of the molecule is COc1ccc(CC(C)C(C)Cc2ccc(O)c(OC3OC(C(=O)O)C(O)C(O)C3O)c2)cc1OC. The van der Waals surface area contributed by atoms with Crippen LogP contribution in [0.3, 0.4) is 0 Å². The molecule has 1 fully saturated rings.